The van der Waals surface area contributed by atoms with Crippen LogP contribution in [0.3, 0.4) is 0 Å². The van der Waals surface area contributed by atoms with Crippen molar-refractivity contribution in [2.24, 2.45) is 0 Å². The van der Waals surface area contributed by atoms with Gasteiger partial charge in [0.25, 0.3) is 0 Å². The molecule has 1 aromatic rings. The first-order valence-electron chi connectivity index (χ1n) is 6.75. The molecule has 0 saturated carbocycles. The average molecular weight is 302 g/mol. The summed E-state index contributed by atoms with van der Waals surface area (Å²) in [5.74, 6) is 0. The largest absolute Gasteiger partial charge is 0.390 e. The second-order valence-corrected chi connectivity index (χ2v) is 7.36. The maximum Gasteiger partial charge on any atom is 0.244 e. The summed E-state index contributed by atoms with van der Waals surface area (Å²) in [6.07, 6.45) is 2.31. The fourth-order valence-corrected chi connectivity index (χ4v) is 3.84. The highest BCUT2D eigenvalue weighted by atomic mass is 32.2. The van der Waals surface area contributed by atoms with Gasteiger partial charge in [0.05, 0.1) is 19.3 Å². The monoisotopic (exact) mass is 302 g/mol. The predicted molar refractivity (Wildman–Crippen MR) is 74.9 cm³/mol. The van der Waals surface area contributed by atoms with Gasteiger partial charge in [0.15, 0.2) is 0 Å². The van der Waals surface area contributed by atoms with Gasteiger partial charge in [0.1, 0.15) is 4.90 Å². The number of aliphatic hydroxyl groups excluding tert-OH is 1. The van der Waals surface area contributed by atoms with Crippen LogP contribution in [0, 0.1) is 0 Å². The molecular formula is C13H22N2O4S. The minimum Gasteiger partial charge on any atom is -0.390 e. The lowest BCUT2D eigenvalue weighted by Gasteiger charge is -2.21. The summed E-state index contributed by atoms with van der Waals surface area (Å²) in [7, 11) is -1.96. The van der Waals surface area contributed by atoms with Crippen LogP contribution in [0.2, 0.25) is 0 Å². The van der Waals surface area contributed by atoms with E-state index in [2.05, 4.69) is 0 Å². The number of hydrogen-bond donors (Lipinski definition) is 1. The van der Waals surface area contributed by atoms with Crippen LogP contribution in [-0.2, 0) is 21.4 Å². The number of likely N-dealkylation sites (N-methyl/N-ethyl adjacent to an activating group) is 1. The van der Waals surface area contributed by atoms with Crippen LogP contribution in [0.4, 0.5) is 0 Å². The summed E-state index contributed by atoms with van der Waals surface area (Å²) in [5.41, 5.74) is 0.606. The standard InChI is InChI=1S/C13H22N2O4S/c1-10(2)15-7-13(6-12(15)8-16)20(17,18)14(3)11-4-5-19-9-11/h6-7,10-11,16H,4-5,8-9H2,1-3H3. The summed E-state index contributed by atoms with van der Waals surface area (Å²) in [6.45, 7) is 4.75. The van der Waals surface area contributed by atoms with E-state index in [1.54, 1.807) is 23.9 Å². The highest BCUT2D eigenvalue weighted by Crippen LogP contribution is 2.24. The smallest absolute Gasteiger partial charge is 0.244 e. The molecule has 2 rings (SSSR count). The maximum absolute atomic E-state index is 12.6. The third kappa shape index (κ3) is 2.76. The van der Waals surface area contributed by atoms with E-state index in [4.69, 9.17) is 4.74 Å². The van der Waals surface area contributed by atoms with Crippen LogP contribution in [0.5, 0.6) is 0 Å². The number of aromatic nitrogens is 1. The Morgan fingerprint density at radius 3 is 2.70 bits per heavy atom. The van der Waals surface area contributed by atoms with Gasteiger partial charge in [-0.25, -0.2) is 8.42 Å². The van der Waals surface area contributed by atoms with Crippen LogP contribution in [-0.4, -0.2) is 48.7 Å². The number of nitrogens with zero attached hydrogens (tertiary/aromatic N) is 2. The molecule has 7 heteroatoms. The number of ether oxygens (including phenoxy) is 1. The van der Waals surface area contributed by atoms with E-state index in [1.807, 2.05) is 13.8 Å². The van der Waals surface area contributed by atoms with Crippen molar-refractivity contribution in [3.05, 3.63) is 18.0 Å². The van der Waals surface area contributed by atoms with Crippen molar-refractivity contribution >= 4 is 10.0 Å². The SMILES string of the molecule is CC(C)n1cc(S(=O)(=O)N(C)C2CCOC2)cc1CO. The first kappa shape index (κ1) is 15.5. The molecule has 1 aliphatic rings. The summed E-state index contributed by atoms with van der Waals surface area (Å²) < 4.78 is 33.6. The van der Waals surface area contributed by atoms with Crippen molar-refractivity contribution in [3.63, 3.8) is 0 Å². The van der Waals surface area contributed by atoms with Gasteiger partial charge in [-0.1, -0.05) is 0 Å². The second kappa shape index (κ2) is 5.85. The van der Waals surface area contributed by atoms with Crippen molar-refractivity contribution in [1.29, 1.82) is 0 Å². The average Bonchev–Trinajstić information content (AvgIpc) is 3.06. The topological polar surface area (TPSA) is 71.8 Å². The molecule has 1 aromatic heterocycles. The van der Waals surface area contributed by atoms with Crippen molar-refractivity contribution < 1.29 is 18.3 Å². The zero-order chi connectivity index (χ0) is 14.9. The zero-order valence-corrected chi connectivity index (χ0v) is 12.9. The van der Waals surface area contributed by atoms with Crippen molar-refractivity contribution in [1.82, 2.24) is 8.87 Å². The van der Waals surface area contributed by atoms with Gasteiger partial charge in [0, 0.05) is 31.6 Å². The lowest BCUT2D eigenvalue weighted by molar-refractivity contribution is 0.181. The third-order valence-electron chi connectivity index (χ3n) is 3.72. The van der Waals surface area contributed by atoms with Gasteiger partial charge in [-0.3, -0.25) is 0 Å². The van der Waals surface area contributed by atoms with E-state index >= 15 is 0 Å². The van der Waals surface area contributed by atoms with Gasteiger partial charge < -0.3 is 14.4 Å². The Bertz CT molecular complexity index is 559. The predicted octanol–water partition coefficient (Wildman–Crippen LogP) is 0.971. The van der Waals surface area contributed by atoms with Crippen molar-refractivity contribution in [2.45, 2.75) is 43.9 Å². The number of aliphatic hydroxyl groups is 1. The van der Waals surface area contributed by atoms with E-state index in [0.717, 1.165) is 0 Å². The number of rotatable bonds is 5. The lowest BCUT2D eigenvalue weighted by Crippen LogP contribution is -2.37. The van der Waals surface area contributed by atoms with Crippen LogP contribution in [0.1, 0.15) is 32.0 Å². The summed E-state index contributed by atoms with van der Waals surface area (Å²) >= 11 is 0. The molecule has 1 atom stereocenters. The van der Waals surface area contributed by atoms with Gasteiger partial charge >= 0.3 is 0 Å². The summed E-state index contributed by atoms with van der Waals surface area (Å²) in [5, 5.41) is 9.35. The molecule has 0 radical (unpaired) electrons. The molecule has 0 aliphatic carbocycles. The summed E-state index contributed by atoms with van der Waals surface area (Å²) in [6, 6.07) is 1.53. The number of sulfonamides is 1. The minimum absolute atomic E-state index is 0.0984. The Hall–Kier alpha value is -0.890. The molecule has 1 fully saturated rings. The summed E-state index contributed by atoms with van der Waals surface area (Å²) in [4.78, 5) is 0.227. The van der Waals surface area contributed by atoms with Crippen LogP contribution in [0.15, 0.2) is 17.2 Å². The Morgan fingerprint density at radius 1 is 1.55 bits per heavy atom. The van der Waals surface area contributed by atoms with Crippen molar-refractivity contribution in [3.8, 4) is 0 Å². The van der Waals surface area contributed by atoms with Crippen LogP contribution >= 0.6 is 0 Å². The molecule has 2 heterocycles. The molecule has 6 nitrogen and oxygen atoms in total. The highest BCUT2D eigenvalue weighted by Gasteiger charge is 2.31. The number of hydrogen-bond acceptors (Lipinski definition) is 4. The fourth-order valence-electron chi connectivity index (χ4n) is 2.42. The first-order chi connectivity index (χ1) is 9.37. The Balaban J connectivity index is 2.33. The molecule has 0 amide bonds. The molecule has 20 heavy (non-hydrogen) atoms. The highest BCUT2D eigenvalue weighted by molar-refractivity contribution is 7.89. The first-order valence-corrected chi connectivity index (χ1v) is 8.19. The van der Waals surface area contributed by atoms with Gasteiger partial charge in [-0.2, -0.15) is 4.31 Å². The fraction of sp³-hybridized carbons (Fsp3) is 0.692. The van der Waals surface area contributed by atoms with Crippen molar-refractivity contribution in [2.75, 3.05) is 20.3 Å². The lowest BCUT2D eigenvalue weighted by atomic mass is 10.3. The van der Waals surface area contributed by atoms with E-state index in [-0.39, 0.29) is 23.6 Å². The van der Waals surface area contributed by atoms with E-state index in [0.29, 0.717) is 25.3 Å². The normalized spacial score (nSPS) is 20.2. The molecule has 0 spiro atoms. The Morgan fingerprint density at radius 2 is 2.25 bits per heavy atom. The van der Waals surface area contributed by atoms with Gasteiger partial charge in [0.2, 0.25) is 10.0 Å². The van der Waals surface area contributed by atoms with Crippen LogP contribution < -0.4 is 0 Å². The Labute approximate surface area is 120 Å². The molecule has 1 aliphatic heterocycles. The molecular weight excluding hydrogens is 280 g/mol. The molecule has 1 N–H and O–H groups in total. The second-order valence-electron chi connectivity index (χ2n) is 5.36. The van der Waals surface area contributed by atoms with Crippen LogP contribution in [0.25, 0.3) is 0 Å². The maximum atomic E-state index is 12.6. The molecule has 0 bridgehead atoms. The van der Waals surface area contributed by atoms with E-state index in [1.165, 1.54) is 4.31 Å². The third-order valence-corrected chi connectivity index (χ3v) is 5.60. The van der Waals surface area contributed by atoms with E-state index in [9.17, 15) is 13.5 Å². The van der Waals surface area contributed by atoms with E-state index < -0.39 is 10.0 Å². The molecule has 1 unspecified atom stereocenters. The Kier molecular flexibility index (Phi) is 4.53. The quantitative estimate of drug-likeness (QED) is 0.880. The molecule has 1 saturated heterocycles. The van der Waals surface area contributed by atoms with Gasteiger partial charge in [-0.15, -0.1) is 0 Å². The minimum atomic E-state index is -3.55. The zero-order valence-electron chi connectivity index (χ0n) is 12.1. The molecule has 114 valence electrons. The molecule has 0 aromatic carbocycles. The van der Waals surface area contributed by atoms with Gasteiger partial charge in [-0.05, 0) is 26.3 Å².